The highest BCUT2D eigenvalue weighted by molar-refractivity contribution is 6.42. The molecule has 1 atom stereocenters. The number of nitrogens with zero attached hydrogens (tertiary/aromatic N) is 2. The fourth-order valence-electron chi connectivity index (χ4n) is 1.71. The summed E-state index contributed by atoms with van der Waals surface area (Å²) in [6.45, 7) is 2.86. The minimum absolute atomic E-state index is 0.203. The molecule has 96 valence electrons. The molecule has 5 heteroatoms. The summed E-state index contributed by atoms with van der Waals surface area (Å²) < 4.78 is 1.99. The summed E-state index contributed by atoms with van der Waals surface area (Å²) in [6, 6.07) is 5.90. The van der Waals surface area contributed by atoms with Crippen LogP contribution in [0.25, 0.3) is 0 Å². The van der Waals surface area contributed by atoms with Gasteiger partial charge in [0, 0.05) is 25.8 Å². The van der Waals surface area contributed by atoms with Gasteiger partial charge in [0.2, 0.25) is 0 Å². The molecular formula is C13H15Cl2N3. The average molecular weight is 284 g/mol. The number of benzene rings is 1. The lowest BCUT2D eigenvalue weighted by molar-refractivity contribution is 0.558. The van der Waals surface area contributed by atoms with Crippen molar-refractivity contribution in [2.45, 2.75) is 19.5 Å². The van der Waals surface area contributed by atoms with Gasteiger partial charge in [-0.05, 0) is 24.6 Å². The normalized spacial score (nSPS) is 12.7. The summed E-state index contributed by atoms with van der Waals surface area (Å²) in [5.41, 5.74) is 2.26. The summed E-state index contributed by atoms with van der Waals surface area (Å²) in [6.07, 6.45) is 3.65. The van der Waals surface area contributed by atoms with E-state index in [2.05, 4.69) is 17.2 Å². The van der Waals surface area contributed by atoms with Crippen molar-refractivity contribution in [3.05, 3.63) is 52.0 Å². The van der Waals surface area contributed by atoms with Gasteiger partial charge < -0.3 is 9.88 Å². The van der Waals surface area contributed by atoms with Crippen LogP contribution in [0, 0.1) is 0 Å². The Morgan fingerprint density at radius 2 is 2.11 bits per heavy atom. The van der Waals surface area contributed by atoms with E-state index < -0.39 is 0 Å². The van der Waals surface area contributed by atoms with Gasteiger partial charge >= 0.3 is 0 Å². The van der Waals surface area contributed by atoms with Crippen molar-refractivity contribution in [3.63, 3.8) is 0 Å². The lowest BCUT2D eigenvalue weighted by Crippen LogP contribution is -2.19. The zero-order valence-corrected chi connectivity index (χ0v) is 11.8. The maximum absolute atomic E-state index is 6.01. The van der Waals surface area contributed by atoms with Crippen LogP contribution in [0.5, 0.6) is 0 Å². The van der Waals surface area contributed by atoms with Crippen molar-refractivity contribution < 1.29 is 0 Å². The van der Waals surface area contributed by atoms with E-state index in [0.29, 0.717) is 10.0 Å². The lowest BCUT2D eigenvalue weighted by atomic mass is 10.1. The Labute approximate surface area is 117 Å². The number of hydrogen-bond acceptors (Lipinski definition) is 2. The minimum atomic E-state index is 0.203. The standard InChI is InChI=1S/C13H15Cl2N3/c1-9(10-3-4-12(14)13(15)5-10)17-7-11-6-16-8-18(11)2/h3-6,8-9,17H,7H2,1-2H3. The number of aryl methyl sites for hydroxylation is 1. The molecule has 2 rings (SSSR count). The van der Waals surface area contributed by atoms with E-state index in [1.165, 1.54) is 0 Å². The molecule has 3 nitrogen and oxygen atoms in total. The largest absolute Gasteiger partial charge is 0.337 e. The molecule has 0 aliphatic carbocycles. The highest BCUT2D eigenvalue weighted by Gasteiger charge is 2.08. The molecule has 2 aromatic rings. The Hall–Kier alpha value is -1.03. The van der Waals surface area contributed by atoms with Gasteiger partial charge in [-0.2, -0.15) is 0 Å². The molecule has 1 unspecified atom stereocenters. The maximum Gasteiger partial charge on any atom is 0.0945 e. The van der Waals surface area contributed by atoms with Gasteiger partial charge in [0.05, 0.1) is 22.1 Å². The van der Waals surface area contributed by atoms with E-state index in [1.807, 2.05) is 36.0 Å². The monoisotopic (exact) mass is 283 g/mol. The van der Waals surface area contributed by atoms with Crippen LogP contribution in [0.2, 0.25) is 10.0 Å². The second-order valence-electron chi connectivity index (χ2n) is 4.27. The minimum Gasteiger partial charge on any atom is -0.337 e. The van der Waals surface area contributed by atoms with Crippen molar-refractivity contribution in [3.8, 4) is 0 Å². The van der Waals surface area contributed by atoms with Gasteiger partial charge in [0.1, 0.15) is 0 Å². The van der Waals surface area contributed by atoms with Crippen molar-refractivity contribution in [1.82, 2.24) is 14.9 Å². The summed E-state index contributed by atoms with van der Waals surface area (Å²) in [5, 5.41) is 4.60. The van der Waals surface area contributed by atoms with Crippen molar-refractivity contribution in [2.24, 2.45) is 7.05 Å². The fourth-order valence-corrected chi connectivity index (χ4v) is 2.02. The summed E-state index contributed by atoms with van der Waals surface area (Å²) in [7, 11) is 1.98. The van der Waals surface area contributed by atoms with Gasteiger partial charge in [-0.3, -0.25) is 0 Å². The molecule has 18 heavy (non-hydrogen) atoms. The summed E-state index contributed by atoms with van der Waals surface area (Å²) >= 11 is 11.9. The first kappa shape index (κ1) is 13.4. The van der Waals surface area contributed by atoms with Gasteiger partial charge in [-0.15, -0.1) is 0 Å². The zero-order chi connectivity index (χ0) is 13.1. The third kappa shape index (κ3) is 3.05. The molecule has 0 saturated carbocycles. The van der Waals surface area contributed by atoms with Gasteiger partial charge in [0.25, 0.3) is 0 Å². The van der Waals surface area contributed by atoms with Crippen LogP contribution in [0.15, 0.2) is 30.7 Å². The number of rotatable bonds is 4. The molecule has 0 radical (unpaired) electrons. The summed E-state index contributed by atoms with van der Waals surface area (Å²) in [5.74, 6) is 0. The van der Waals surface area contributed by atoms with E-state index >= 15 is 0 Å². The second kappa shape index (κ2) is 5.74. The van der Waals surface area contributed by atoms with Crippen molar-refractivity contribution >= 4 is 23.2 Å². The molecule has 0 bridgehead atoms. The van der Waals surface area contributed by atoms with Gasteiger partial charge in [-0.1, -0.05) is 29.3 Å². The Kier molecular flexibility index (Phi) is 4.27. The Bertz CT molecular complexity index is 537. The molecule has 1 aromatic heterocycles. The molecule has 0 saturated heterocycles. The van der Waals surface area contributed by atoms with Crippen LogP contribution in [-0.2, 0) is 13.6 Å². The first-order valence-corrected chi connectivity index (χ1v) is 6.47. The van der Waals surface area contributed by atoms with Crippen LogP contribution < -0.4 is 5.32 Å². The Morgan fingerprint density at radius 1 is 1.33 bits per heavy atom. The SMILES string of the molecule is CC(NCc1cncn1C)c1ccc(Cl)c(Cl)c1. The fraction of sp³-hybridized carbons (Fsp3) is 0.308. The van der Waals surface area contributed by atoms with Crippen LogP contribution in [0.3, 0.4) is 0 Å². The number of hydrogen-bond donors (Lipinski definition) is 1. The molecule has 1 aromatic carbocycles. The molecule has 0 aliphatic heterocycles. The first-order valence-electron chi connectivity index (χ1n) is 5.71. The van der Waals surface area contributed by atoms with E-state index in [1.54, 1.807) is 6.33 Å². The number of halogens is 2. The van der Waals surface area contributed by atoms with E-state index in [9.17, 15) is 0 Å². The number of nitrogens with one attached hydrogen (secondary N) is 1. The average Bonchev–Trinajstić information content (AvgIpc) is 2.75. The number of aromatic nitrogens is 2. The Morgan fingerprint density at radius 3 is 2.72 bits per heavy atom. The predicted molar refractivity (Wildman–Crippen MR) is 74.9 cm³/mol. The van der Waals surface area contributed by atoms with Crippen molar-refractivity contribution in [1.29, 1.82) is 0 Å². The van der Waals surface area contributed by atoms with E-state index in [-0.39, 0.29) is 6.04 Å². The smallest absolute Gasteiger partial charge is 0.0945 e. The van der Waals surface area contributed by atoms with Crippen LogP contribution in [0.1, 0.15) is 24.2 Å². The van der Waals surface area contributed by atoms with Crippen LogP contribution >= 0.6 is 23.2 Å². The molecular weight excluding hydrogens is 269 g/mol. The molecule has 1 heterocycles. The molecule has 0 fully saturated rings. The second-order valence-corrected chi connectivity index (χ2v) is 5.09. The predicted octanol–water partition coefficient (Wildman–Crippen LogP) is 3.58. The van der Waals surface area contributed by atoms with E-state index in [4.69, 9.17) is 23.2 Å². The first-order chi connectivity index (χ1) is 8.58. The molecule has 0 amide bonds. The quantitative estimate of drug-likeness (QED) is 0.930. The van der Waals surface area contributed by atoms with Gasteiger partial charge in [-0.25, -0.2) is 4.98 Å². The topological polar surface area (TPSA) is 29.9 Å². The third-order valence-electron chi connectivity index (χ3n) is 2.95. The van der Waals surface area contributed by atoms with E-state index in [0.717, 1.165) is 17.8 Å². The third-order valence-corrected chi connectivity index (χ3v) is 3.69. The van der Waals surface area contributed by atoms with Gasteiger partial charge in [0.15, 0.2) is 0 Å². The summed E-state index contributed by atoms with van der Waals surface area (Å²) in [4.78, 5) is 4.08. The zero-order valence-electron chi connectivity index (χ0n) is 10.3. The molecule has 1 N–H and O–H groups in total. The number of imidazole rings is 1. The Balaban J connectivity index is 2.01. The molecule has 0 aliphatic rings. The van der Waals surface area contributed by atoms with Crippen molar-refractivity contribution in [2.75, 3.05) is 0 Å². The maximum atomic E-state index is 6.01. The highest BCUT2D eigenvalue weighted by Crippen LogP contribution is 2.25. The lowest BCUT2D eigenvalue weighted by Gasteiger charge is -2.15. The highest BCUT2D eigenvalue weighted by atomic mass is 35.5. The molecule has 0 spiro atoms. The van der Waals surface area contributed by atoms with Crippen LogP contribution in [0.4, 0.5) is 0 Å². The van der Waals surface area contributed by atoms with Crippen LogP contribution in [-0.4, -0.2) is 9.55 Å².